The largest absolute Gasteiger partial charge is 0.462 e. The Morgan fingerprint density at radius 1 is 1.20 bits per heavy atom. The smallest absolute Gasteiger partial charge is 0.302 e. The van der Waals surface area contributed by atoms with Crippen LogP contribution in [0.1, 0.15) is 32.6 Å². The van der Waals surface area contributed by atoms with Crippen LogP contribution in [0.4, 0.5) is 0 Å². The minimum atomic E-state index is -0.204. The van der Waals surface area contributed by atoms with Gasteiger partial charge >= 0.3 is 5.97 Å². The van der Waals surface area contributed by atoms with Crippen molar-refractivity contribution in [3.8, 4) is 0 Å². The average Bonchev–Trinajstić information content (AvgIpc) is 2.70. The maximum Gasteiger partial charge on any atom is 0.302 e. The average molecular weight is 214 g/mol. The maximum absolute atomic E-state index is 11.0. The van der Waals surface area contributed by atoms with Crippen LogP contribution in [0.3, 0.4) is 0 Å². The fraction of sp³-hybridized carbons (Fsp3) is 0.909. The van der Waals surface area contributed by atoms with Gasteiger partial charge in [0.1, 0.15) is 6.10 Å². The second-order valence-corrected chi connectivity index (χ2v) is 4.21. The molecule has 2 aliphatic rings. The van der Waals surface area contributed by atoms with Crippen molar-refractivity contribution in [1.29, 1.82) is 0 Å². The van der Waals surface area contributed by atoms with Gasteiger partial charge in [-0.05, 0) is 19.3 Å². The second kappa shape index (κ2) is 4.94. The third-order valence-corrected chi connectivity index (χ3v) is 3.07. The zero-order chi connectivity index (χ0) is 10.7. The van der Waals surface area contributed by atoms with E-state index in [-0.39, 0.29) is 24.3 Å². The van der Waals surface area contributed by atoms with Crippen LogP contribution in [0, 0.1) is 5.92 Å². The Bertz CT molecular complexity index is 223. The summed E-state index contributed by atoms with van der Waals surface area (Å²) in [4.78, 5) is 11.0. The van der Waals surface area contributed by atoms with E-state index in [9.17, 15) is 4.79 Å². The molecule has 0 unspecified atom stereocenters. The van der Waals surface area contributed by atoms with Crippen LogP contribution in [0.25, 0.3) is 0 Å². The lowest BCUT2D eigenvalue weighted by Gasteiger charge is -2.33. The number of esters is 1. The number of ether oxygens (including phenoxy) is 3. The summed E-state index contributed by atoms with van der Waals surface area (Å²) in [7, 11) is 0. The fourth-order valence-corrected chi connectivity index (χ4v) is 2.42. The van der Waals surface area contributed by atoms with Crippen LogP contribution in [-0.2, 0) is 19.0 Å². The minimum absolute atomic E-state index is 0.0145. The Morgan fingerprint density at radius 2 is 1.87 bits per heavy atom. The van der Waals surface area contributed by atoms with E-state index in [4.69, 9.17) is 14.2 Å². The van der Waals surface area contributed by atoms with Crippen molar-refractivity contribution in [3.63, 3.8) is 0 Å². The van der Waals surface area contributed by atoms with Crippen molar-refractivity contribution in [2.45, 2.75) is 45.0 Å². The topological polar surface area (TPSA) is 44.8 Å². The molecule has 1 aliphatic carbocycles. The monoisotopic (exact) mass is 214 g/mol. The van der Waals surface area contributed by atoms with E-state index in [0.717, 1.165) is 19.3 Å². The Hall–Kier alpha value is -0.610. The van der Waals surface area contributed by atoms with Gasteiger partial charge in [0.2, 0.25) is 0 Å². The van der Waals surface area contributed by atoms with Crippen molar-refractivity contribution in [1.82, 2.24) is 0 Å². The molecular formula is C11H18O4. The van der Waals surface area contributed by atoms with E-state index in [1.165, 1.54) is 13.3 Å². The van der Waals surface area contributed by atoms with Crippen LogP contribution in [0.15, 0.2) is 0 Å². The summed E-state index contributed by atoms with van der Waals surface area (Å²) in [5, 5.41) is 0. The Balaban J connectivity index is 1.95. The van der Waals surface area contributed by atoms with Gasteiger partial charge in [0.15, 0.2) is 6.29 Å². The third-order valence-electron chi connectivity index (χ3n) is 3.07. The molecule has 0 amide bonds. The number of hydrogen-bond acceptors (Lipinski definition) is 4. The first-order valence-corrected chi connectivity index (χ1v) is 5.68. The van der Waals surface area contributed by atoms with Crippen molar-refractivity contribution >= 4 is 5.97 Å². The lowest BCUT2D eigenvalue weighted by molar-refractivity contribution is -0.167. The summed E-state index contributed by atoms with van der Waals surface area (Å²) in [5.41, 5.74) is 0. The standard InChI is InChI=1S/C11H18O4/c1-8(12)15-10-5-3-2-4-9(10)11-13-6-7-14-11/h9-11H,2-7H2,1H3/t9-,10-/m1/s1. The summed E-state index contributed by atoms with van der Waals surface area (Å²) in [6.07, 6.45) is 4.09. The zero-order valence-electron chi connectivity index (χ0n) is 9.11. The molecule has 4 heteroatoms. The molecule has 15 heavy (non-hydrogen) atoms. The van der Waals surface area contributed by atoms with Crippen molar-refractivity contribution in [3.05, 3.63) is 0 Å². The molecule has 2 fully saturated rings. The van der Waals surface area contributed by atoms with Crippen molar-refractivity contribution in [2.24, 2.45) is 5.92 Å². The molecule has 0 bridgehead atoms. The van der Waals surface area contributed by atoms with Crippen LogP contribution in [0.2, 0.25) is 0 Å². The van der Waals surface area contributed by atoms with E-state index in [0.29, 0.717) is 13.2 Å². The lowest BCUT2D eigenvalue weighted by Crippen LogP contribution is -2.37. The van der Waals surface area contributed by atoms with Gasteiger partial charge in [0.05, 0.1) is 13.2 Å². The predicted octanol–water partition coefficient (Wildman–Crippen LogP) is 1.48. The molecule has 86 valence electrons. The highest BCUT2D eigenvalue weighted by molar-refractivity contribution is 5.66. The summed E-state index contributed by atoms with van der Waals surface area (Å²) in [5.74, 6) is 0.0232. The Labute approximate surface area is 89.9 Å². The maximum atomic E-state index is 11.0. The number of carbonyl (C=O) groups is 1. The van der Waals surface area contributed by atoms with E-state index in [2.05, 4.69) is 0 Å². The first kappa shape index (κ1) is 10.9. The quantitative estimate of drug-likeness (QED) is 0.653. The highest BCUT2D eigenvalue weighted by atomic mass is 16.7. The van der Waals surface area contributed by atoms with Crippen molar-refractivity contribution in [2.75, 3.05) is 13.2 Å². The normalized spacial score (nSPS) is 32.9. The Morgan fingerprint density at radius 3 is 2.53 bits per heavy atom. The molecule has 0 aromatic carbocycles. The van der Waals surface area contributed by atoms with Gasteiger partial charge in [0.25, 0.3) is 0 Å². The van der Waals surface area contributed by atoms with E-state index < -0.39 is 0 Å². The van der Waals surface area contributed by atoms with Gasteiger partial charge in [-0.3, -0.25) is 4.79 Å². The van der Waals surface area contributed by atoms with Gasteiger partial charge in [-0.25, -0.2) is 0 Å². The highest BCUT2D eigenvalue weighted by Gasteiger charge is 2.36. The molecule has 4 nitrogen and oxygen atoms in total. The molecule has 2 atom stereocenters. The number of rotatable bonds is 2. The highest BCUT2D eigenvalue weighted by Crippen LogP contribution is 2.32. The molecule has 1 aliphatic heterocycles. The summed E-state index contributed by atoms with van der Waals surface area (Å²) < 4.78 is 16.3. The van der Waals surface area contributed by atoms with Gasteiger partial charge in [0, 0.05) is 12.8 Å². The molecule has 1 saturated carbocycles. The fourth-order valence-electron chi connectivity index (χ4n) is 2.42. The number of hydrogen-bond donors (Lipinski definition) is 0. The lowest BCUT2D eigenvalue weighted by atomic mass is 9.86. The molecule has 2 rings (SSSR count). The van der Waals surface area contributed by atoms with Crippen molar-refractivity contribution < 1.29 is 19.0 Å². The van der Waals surface area contributed by atoms with Gasteiger partial charge in [-0.1, -0.05) is 6.42 Å². The molecule has 0 radical (unpaired) electrons. The zero-order valence-corrected chi connectivity index (χ0v) is 9.11. The van der Waals surface area contributed by atoms with E-state index in [1.807, 2.05) is 0 Å². The molecule has 1 saturated heterocycles. The van der Waals surface area contributed by atoms with Gasteiger partial charge in [-0.2, -0.15) is 0 Å². The third kappa shape index (κ3) is 2.69. The number of carbonyl (C=O) groups excluding carboxylic acids is 1. The van der Waals surface area contributed by atoms with Crippen LogP contribution >= 0.6 is 0 Å². The Kier molecular flexibility index (Phi) is 3.59. The first-order chi connectivity index (χ1) is 7.27. The molecule has 1 heterocycles. The van der Waals surface area contributed by atoms with E-state index in [1.54, 1.807) is 0 Å². The molecule has 0 spiro atoms. The minimum Gasteiger partial charge on any atom is -0.462 e. The van der Waals surface area contributed by atoms with Crippen LogP contribution < -0.4 is 0 Å². The predicted molar refractivity (Wildman–Crippen MR) is 53.2 cm³/mol. The summed E-state index contributed by atoms with van der Waals surface area (Å²) in [6, 6.07) is 0. The molecule has 0 N–H and O–H groups in total. The van der Waals surface area contributed by atoms with Crippen LogP contribution in [-0.4, -0.2) is 31.6 Å². The first-order valence-electron chi connectivity index (χ1n) is 5.68. The summed E-state index contributed by atoms with van der Waals surface area (Å²) >= 11 is 0. The molecule has 0 aromatic heterocycles. The van der Waals surface area contributed by atoms with Gasteiger partial charge < -0.3 is 14.2 Å². The molecule has 0 aromatic rings. The molecular weight excluding hydrogens is 196 g/mol. The summed E-state index contributed by atoms with van der Waals surface area (Å²) in [6.45, 7) is 2.78. The SMILES string of the molecule is CC(=O)O[C@@H]1CCCC[C@H]1C1OCCO1. The second-order valence-electron chi connectivity index (χ2n) is 4.21. The van der Waals surface area contributed by atoms with Crippen LogP contribution in [0.5, 0.6) is 0 Å². The van der Waals surface area contributed by atoms with Gasteiger partial charge in [-0.15, -0.1) is 0 Å². The van der Waals surface area contributed by atoms with E-state index >= 15 is 0 Å².